The van der Waals surface area contributed by atoms with Gasteiger partial charge in [-0.15, -0.1) is 0 Å². The fraction of sp³-hybridized carbons (Fsp3) is 0.238. The lowest BCUT2D eigenvalue weighted by atomic mass is 10.0. The lowest BCUT2D eigenvalue weighted by Gasteiger charge is -2.23. The largest absolute Gasteiger partial charge is 0.482 e. The second-order valence-electron chi connectivity index (χ2n) is 6.90. The highest BCUT2D eigenvalue weighted by Crippen LogP contribution is 2.35. The van der Waals surface area contributed by atoms with Crippen molar-refractivity contribution in [3.63, 3.8) is 0 Å². The third-order valence-electron chi connectivity index (χ3n) is 4.93. The summed E-state index contributed by atoms with van der Waals surface area (Å²) >= 11 is 0. The number of nitrogens with zero attached hydrogens (tertiary/aromatic N) is 5. The molecule has 2 N–H and O–H groups in total. The number of fused-ring (bicyclic) bond motifs is 5. The number of pyridine rings is 1. The number of rotatable bonds is 0. The van der Waals surface area contributed by atoms with Crippen LogP contribution in [0.5, 0.6) is 5.75 Å². The second-order valence-corrected chi connectivity index (χ2v) is 6.90. The topological polar surface area (TPSA) is 110 Å². The van der Waals surface area contributed by atoms with E-state index in [-0.39, 0.29) is 34.1 Å². The van der Waals surface area contributed by atoms with E-state index in [4.69, 9.17) is 14.6 Å². The maximum Gasteiger partial charge on any atom is 0.254 e. The summed E-state index contributed by atoms with van der Waals surface area (Å²) in [6.07, 6.45) is 0.537. The molecule has 152 valence electrons. The number of aryl methyl sites for hydroxylation is 1. The molecule has 2 bridgehead atoms. The number of hydrogen-bond acceptors (Lipinski definition) is 6. The van der Waals surface area contributed by atoms with Gasteiger partial charge in [0.15, 0.2) is 11.6 Å². The Balaban J connectivity index is 2.04. The highest BCUT2D eigenvalue weighted by atomic mass is 19.1. The number of nitrogens with two attached hydrogens (primary N) is 1. The highest BCUT2D eigenvalue weighted by molar-refractivity contribution is 5.95. The van der Waals surface area contributed by atoms with Gasteiger partial charge in [0.05, 0.1) is 12.2 Å². The molecule has 9 heteroatoms. The highest BCUT2D eigenvalue weighted by Gasteiger charge is 2.26. The van der Waals surface area contributed by atoms with Crippen molar-refractivity contribution in [2.24, 2.45) is 7.05 Å². The lowest BCUT2D eigenvalue weighted by Crippen LogP contribution is -2.28. The van der Waals surface area contributed by atoms with E-state index in [1.165, 1.54) is 24.0 Å². The van der Waals surface area contributed by atoms with Crippen molar-refractivity contribution in [2.45, 2.75) is 19.6 Å². The van der Waals surface area contributed by atoms with Crippen molar-refractivity contribution in [1.82, 2.24) is 19.7 Å². The minimum atomic E-state index is -2.84. The molecule has 3 heterocycles. The standard InChI is InChI=1S/C21H19FN6O2/c1-11-15-7-13(22)4-5-14(15)21(29)27(2)10-16-19(17(8-23)28(3)26-16)12-6-18(30-11)20(24)25-9-12/h4-7,9,11H,10H2,1-3H3,(H2,24,25)/t11-/m1/s1/i2+1D3. The third-order valence-corrected chi connectivity index (χ3v) is 4.93. The van der Waals surface area contributed by atoms with Crippen LogP contribution >= 0.6 is 0 Å². The fourth-order valence-electron chi connectivity index (χ4n) is 3.49. The number of amides is 1. The van der Waals surface area contributed by atoms with Crippen LogP contribution in [0.4, 0.5) is 10.2 Å². The molecule has 2 aromatic heterocycles. The summed E-state index contributed by atoms with van der Waals surface area (Å²) in [7, 11) is 1.54. The molecule has 0 saturated carbocycles. The zero-order chi connectivity index (χ0) is 24.1. The number of halogens is 1. The number of aromatic nitrogens is 3. The van der Waals surface area contributed by atoms with Crippen LogP contribution < -0.4 is 10.5 Å². The van der Waals surface area contributed by atoms with Crippen LogP contribution in [0, 0.1) is 17.1 Å². The smallest absolute Gasteiger partial charge is 0.254 e. The van der Waals surface area contributed by atoms with Crippen molar-refractivity contribution in [3.8, 4) is 22.9 Å². The predicted octanol–water partition coefficient (Wildman–Crippen LogP) is 2.80. The molecule has 0 fully saturated rings. The van der Waals surface area contributed by atoms with Gasteiger partial charge in [-0.2, -0.15) is 10.4 Å². The Morgan fingerprint density at radius 2 is 2.23 bits per heavy atom. The normalized spacial score (nSPS) is 17.8. The number of nitrogen functional groups attached to an aromatic ring is 1. The number of nitriles is 1. The number of carbonyl (C=O) groups is 1. The van der Waals surface area contributed by atoms with Crippen molar-refractivity contribution in [1.29, 1.82) is 5.26 Å². The van der Waals surface area contributed by atoms with Crippen LogP contribution in [0.3, 0.4) is 0 Å². The Bertz CT molecular complexity index is 1310. The zero-order valence-corrected chi connectivity index (χ0v) is 16.2. The van der Waals surface area contributed by atoms with Gasteiger partial charge in [-0.05, 0) is 31.2 Å². The van der Waals surface area contributed by atoms with Gasteiger partial charge in [0, 0.05) is 46.6 Å². The first-order chi connectivity index (χ1) is 15.5. The van der Waals surface area contributed by atoms with Crippen LogP contribution in [-0.4, -0.2) is 32.5 Å². The van der Waals surface area contributed by atoms with E-state index < -0.39 is 31.3 Å². The summed E-state index contributed by atoms with van der Waals surface area (Å²) in [5.74, 6) is -1.25. The summed E-state index contributed by atoms with van der Waals surface area (Å²) in [6, 6.07) is 7.02. The van der Waals surface area contributed by atoms with Crippen LogP contribution in [0.25, 0.3) is 11.1 Å². The van der Waals surface area contributed by atoms with E-state index in [1.807, 2.05) is 6.07 Å². The average Bonchev–Trinajstić information content (AvgIpc) is 3.06. The minimum absolute atomic E-state index is 0.0405. The maximum atomic E-state index is 14.1. The van der Waals surface area contributed by atoms with Crippen LogP contribution in [-0.2, 0) is 13.6 Å². The molecular formula is C21H19FN6O2. The first-order valence-corrected chi connectivity index (χ1v) is 9.01. The van der Waals surface area contributed by atoms with E-state index in [1.54, 1.807) is 13.0 Å². The van der Waals surface area contributed by atoms with Gasteiger partial charge in [-0.3, -0.25) is 9.48 Å². The predicted molar refractivity (Wildman–Crippen MR) is 107 cm³/mol. The van der Waals surface area contributed by atoms with E-state index in [0.29, 0.717) is 16.0 Å². The average molecular weight is 410 g/mol. The van der Waals surface area contributed by atoms with Gasteiger partial charge in [0.2, 0.25) is 0 Å². The van der Waals surface area contributed by atoms with Crippen LogP contribution in [0.1, 0.15) is 44.4 Å². The van der Waals surface area contributed by atoms with Gasteiger partial charge in [-0.1, -0.05) is 0 Å². The molecule has 8 nitrogen and oxygen atoms in total. The Hall–Kier alpha value is -3.93. The molecule has 0 spiro atoms. The van der Waals surface area contributed by atoms with Crippen molar-refractivity contribution < 1.29 is 18.0 Å². The minimum Gasteiger partial charge on any atom is -0.482 e. The Morgan fingerprint density at radius 3 is 2.97 bits per heavy atom. The molecule has 1 aromatic carbocycles. The molecule has 30 heavy (non-hydrogen) atoms. The molecule has 4 rings (SSSR count). The van der Waals surface area contributed by atoms with Gasteiger partial charge in [0.1, 0.15) is 23.7 Å². The maximum absolute atomic E-state index is 14.1. The molecule has 1 amide bonds. The number of ether oxygens (including phenoxy) is 1. The van der Waals surface area contributed by atoms with E-state index >= 15 is 0 Å². The molecule has 1 atom stereocenters. The van der Waals surface area contributed by atoms with Gasteiger partial charge >= 0.3 is 0 Å². The van der Waals surface area contributed by atoms with Gasteiger partial charge in [-0.25, -0.2) is 9.37 Å². The molecule has 1 aliphatic heterocycles. The summed E-state index contributed by atoms with van der Waals surface area (Å²) < 4.78 is 45.2. The number of carbonyl (C=O) groups excluding carboxylic acids is 1. The first kappa shape index (κ1) is 15.9. The van der Waals surface area contributed by atoms with Crippen LogP contribution in [0.2, 0.25) is 0 Å². The third kappa shape index (κ3) is 3.12. The molecular weight excluding hydrogens is 388 g/mol. The zero-order valence-electron chi connectivity index (χ0n) is 19.2. The van der Waals surface area contributed by atoms with E-state index in [9.17, 15) is 14.4 Å². The monoisotopic (exact) mass is 410 g/mol. The second kappa shape index (κ2) is 7.15. The number of benzene rings is 1. The van der Waals surface area contributed by atoms with Crippen molar-refractivity contribution >= 4 is 11.7 Å². The molecule has 0 unspecified atom stereocenters. The Morgan fingerprint density at radius 1 is 1.43 bits per heavy atom. The lowest BCUT2D eigenvalue weighted by molar-refractivity contribution is 0.0778. The number of anilines is 1. The molecule has 0 aliphatic carbocycles. The van der Waals surface area contributed by atoms with E-state index in [0.717, 1.165) is 12.1 Å². The SMILES string of the molecule is [2H][13C]([2H])([2H])N1Cc2nn(C)c(C#N)c2-c2cnc(N)c(c2)O[C@H](C)c2cc(F)ccc2C1=O. The Kier molecular flexibility index (Phi) is 3.80. The van der Waals surface area contributed by atoms with Crippen LogP contribution in [0.15, 0.2) is 30.5 Å². The van der Waals surface area contributed by atoms with Gasteiger partial charge in [0.25, 0.3) is 5.91 Å². The summed E-state index contributed by atoms with van der Waals surface area (Å²) in [5.41, 5.74) is 7.13. The summed E-state index contributed by atoms with van der Waals surface area (Å²) in [4.78, 5) is 18.3. The summed E-state index contributed by atoms with van der Waals surface area (Å²) in [5, 5.41) is 14.0. The molecule has 1 aliphatic rings. The van der Waals surface area contributed by atoms with E-state index in [2.05, 4.69) is 10.1 Å². The molecule has 0 radical (unpaired) electrons. The Labute approximate surface area is 176 Å². The quantitative estimate of drug-likeness (QED) is 0.571. The fourth-order valence-corrected chi connectivity index (χ4v) is 3.49. The first-order valence-electron chi connectivity index (χ1n) is 10.5. The van der Waals surface area contributed by atoms with Gasteiger partial charge < -0.3 is 15.4 Å². The van der Waals surface area contributed by atoms with Crippen molar-refractivity contribution in [3.05, 3.63) is 58.8 Å². The number of hydrogen-bond donors (Lipinski definition) is 1. The summed E-state index contributed by atoms with van der Waals surface area (Å²) in [6.45, 7) is -1.69. The van der Waals surface area contributed by atoms with Crippen molar-refractivity contribution in [2.75, 3.05) is 12.7 Å². The molecule has 0 saturated heterocycles. The molecule has 3 aromatic rings.